The number of methoxy groups -OCH3 is 1. The lowest BCUT2D eigenvalue weighted by Gasteiger charge is -2.07. The summed E-state index contributed by atoms with van der Waals surface area (Å²) in [7, 11) is 1.59. The molecule has 1 amide bonds. The van der Waals surface area contributed by atoms with E-state index in [0.717, 1.165) is 0 Å². The number of carbonyl (C=O) groups is 1. The Hall–Kier alpha value is -2.68. The number of anilines is 1. The minimum absolute atomic E-state index is 0.200. The molecular formula is C14H14N6O2S. The number of ether oxygens (including phenoxy) is 1. The lowest BCUT2D eigenvalue weighted by atomic mass is 10.2. The Labute approximate surface area is 136 Å². The summed E-state index contributed by atoms with van der Waals surface area (Å²) in [6.45, 7) is 1.75. The topological polar surface area (TPSA) is 94.3 Å². The predicted octanol–water partition coefficient (Wildman–Crippen LogP) is 1.81. The Balaban J connectivity index is 1.89. The fourth-order valence-corrected chi connectivity index (χ4v) is 2.34. The molecule has 8 nitrogen and oxygen atoms in total. The van der Waals surface area contributed by atoms with Crippen LogP contribution >= 0.6 is 11.8 Å². The number of hydrogen-bond acceptors (Lipinski definition) is 7. The summed E-state index contributed by atoms with van der Waals surface area (Å²) >= 11 is 1.40. The first-order valence-electron chi connectivity index (χ1n) is 6.72. The van der Waals surface area contributed by atoms with Crippen LogP contribution in [-0.4, -0.2) is 44.1 Å². The van der Waals surface area contributed by atoms with Crippen LogP contribution in [0.4, 0.5) is 5.69 Å². The summed E-state index contributed by atoms with van der Waals surface area (Å²) < 4.78 is 6.60. The second kappa shape index (κ2) is 6.21. The van der Waals surface area contributed by atoms with Gasteiger partial charge in [0.2, 0.25) is 5.16 Å². The predicted molar refractivity (Wildman–Crippen MR) is 86.0 cm³/mol. The summed E-state index contributed by atoms with van der Waals surface area (Å²) in [5.41, 5.74) is 1.42. The van der Waals surface area contributed by atoms with E-state index in [1.807, 2.05) is 6.26 Å². The molecule has 23 heavy (non-hydrogen) atoms. The lowest BCUT2D eigenvalue weighted by Crippen LogP contribution is -2.18. The minimum Gasteiger partial charge on any atom is -0.497 e. The van der Waals surface area contributed by atoms with Crippen molar-refractivity contribution in [2.24, 2.45) is 0 Å². The molecule has 3 aromatic rings. The van der Waals surface area contributed by atoms with Gasteiger partial charge in [-0.15, -0.1) is 15.3 Å². The highest BCUT2D eigenvalue weighted by molar-refractivity contribution is 7.98. The Kier molecular flexibility index (Phi) is 4.11. The van der Waals surface area contributed by atoms with Gasteiger partial charge in [0, 0.05) is 5.69 Å². The van der Waals surface area contributed by atoms with Gasteiger partial charge >= 0.3 is 0 Å². The van der Waals surface area contributed by atoms with E-state index >= 15 is 0 Å². The zero-order valence-electron chi connectivity index (χ0n) is 12.8. The van der Waals surface area contributed by atoms with Crippen molar-refractivity contribution in [2.45, 2.75) is 12.1 Å². The van der Waals surface area contributed by atoms with Gasteiger partial charge in [-0.2, -0.15) is 9.50 Å². The number of fused-ring (bicyclic) bond motifs is 1. The molecule has 0 aliphatic rings. The number of aromatic nitrogens is 5. The molecule has 0 saturated carbocycles. The van der Waals surface area contributed by atoms with Gasteiger partial charge < -0.3 is 10.1 Å². The molecule has 3 rings (SSSR count). The molecule has 0 unspecified atom stereocenters. The molecule has 0 saturated heterocycles. The average molecular weight is 330 g/mol. The molecule has 9 heteroatoms. The molecule has 0 fully saturated rings. The van der Waals surface area contributed by atoms with Crippen LogP contribution in [0.5, 0.6) is 5.75 Å². The van der Waals surface area contributed by atoms with Crippen LogP contribution in [0.3, 0.4) is 0 Å². The Morgan fingerprint density at radius 1 is 1.26 bits per heavy atom. The molecule has 118 valence electrons. The minimum atomic E-state index is -0.358. The highest BCUT2D eigenvalue weighted by Crippen LogP contribution is 2.17. The normalized spacial score (nSPS) is 10.7. The SMILES string of the molecule is COc1ccc(NC(=O)c2nnc3nc(SC)nn3c2C)cc1. The Morgan fingerprint density at radius 2 is 2.00 bits per heavy atom. The number of nitrogens with zero attached hydrogens (tertiary/aromatic N) is 5. The lowest BCUT2D eigenvalue weighted by molar-refractivity contribution is 0.102. The number of carbonyl (C=O) groups excluding carboxylic acids is 1. The van der Waals surface area contributed by atoms with Gasteiger partial charge in [-0.3, -0.25) is 4.79 Å². The molecular weight excluding hydrogens is 316 g/mol. The number of hydrogen-bond donors (Lipinski definition) is 1. The summed E-state index contributed by atoms with van der Waals surface area (Å²) in [4.78, 5) is 16.6. The van der Waals surface area contributed by atoms with Crippen LogP contribution in [0.15, 0.2) is 29.4 Å². The molecule has 1 N–H and O–H groups in total. The molecule has 2 aromatic heterocycles. The highest BCUT2D eigenvalue weighted by Gasteiger charge is 2.17. The average Bonchev–Trinajstić information content (AvgIpc) is 3.00. The number of amides is 1. The van der Waals surface area contributed by atoms with Crippen LogP contribution in [0, 0.1) is 6.92 Å². The number of nitrogens with one attached hydrogen (secondary N) is 1. The fourth-order valence-electron chi connectivity index (χ4n) is 2.00. The standard InChI is InChI=1S/C14H14N6O2S/c1-8-11(17-18-13-16-14(23-3)19-20(8)13)12(21)15-9-4-6-10(22-2)7-5-9/h4-7H,1-3H3,(H,15,21). The Morgan fingerprint density at radius 3 is 2.65 bits per heavy atom. The third-order valence-electron chi connectivity index (χ3n) is 3.22. The van der Waals surface area contributed by atoms with E-state index in [-0.39, 0.29) is 11.6 Å². The van der Waals surface area contributed by atoms with Crippen molar-refractivity contribution in [3.63, 3.8) is 0 Å². The molecule has 2 heterocycles. The van der Waals surface area contributed by atoms with Gasteiger partial charge in [0.1, 0.15) is 5.75 Å². The number of thioether (sulfide) groups is 1. The van der Waals surface area contributed by atoms with Gasteiger partial charge in [-0.05, 0) is 37.4 Å². The first-order valence-corrected chi connectivity index (χ1v) is 7.94. The molecule has 1 aromatic carbocycles. The van der Waals surface area contributed by atoms with Crippen molar-refractivity contribution >= 4 is 29.1 Å². The molecule has 0 bridgehead atoms. The van der Waals surface area contributed by atoms with E-state index in [9.17, 15) is 4.79 Å². The number of aryl methyl sites for hydroxylation is 1. The highest BCUT2D eigenvalue weighted by atomic mass is 32.2. The molecule has 0 aliphatic heterocycles. The number of benzene rings is 1. The number of rotatable bonds is 4. The molecule has 0 spiro atoms. The quantitative estimate of drug-likeness (QED) is 0.729. The van der Waals surface area contributed by atoms with E-state index < -0.39 is 0 Å². The summed E-state index contributed by atoms with van der Waals surface area (Å²) in [6.07, 6.45) is 1.87. The van der Waals surface area contributed by atoms with Gasteiger partial charge in [0.05, 0.1) is 12.8 Å². The zero-order valence-corrected chi connectivity index (χ0v) is 13.6. The monoisotopic (exact) mass is 330 g/mol. The largest absolute Gasteiger partial charge is 0.497 e. The van der Waals surface area contributed by atoms with Crippen molar-refractivity contribution in [3.05, 3.63) is 35.7 Å². The van der Waals surface area contributed by atoms with Crippen molar-refractivity contribution in [1.82, 2.24) is 24.8 Å². The summed E-state index contributed by atoms with van der Waals surface area (Å²) in [5, 5.41) is 15.5. The van der Waals surface area contributed by atoms with Crippen LogP contribution in [0.1, 0.15) is 16.2 Å². The van der Waals surface area contributed by atoms with Gasteiger partial charge in [0.25, 0.3) is 11.7 Å². The van der Waals surface area contributed by atoms with Crippen molar-refractivity contribution < 1.29 is 9.53 Å². The van der Waals surface area contributed by atoms with E-state index in [2.05, 4.69) is 25.6 Å². The third kappa shape index (κ3) is 2.95. The van der Waals surface area contributed by atoms with Crippen LogP contribution < -0.4 is 10.1 Å². The smallest absolute Gasteiger partial charge is 0.278 e. The van der Waals surface area contributed by atoms with Crippen molar-refractivity contribution in [3.8, 4) is 5.75 Å². The fraction of sp³-hybridized carbons (Fsp3) is 0.214. The first-order chi connectivity index (χ1) is 11.1. The molecule has 0 aliphatic carbocycles. The first kappa shape index (κ1) is 15.2. The van der Waals surface area contributed by atoms with E-state index in [4.69, 9.17) is 4.74 Å². The Bertz CT molecular complexity index is 862. The summed E-state index contributed by atoms with van der Waals surface area (Å²) in [6, 6.07) is 7.03. The van der Waals surface area contributed by atoms with Gasteiger partial charge in [-0.25, -0.2) is 0 Å². The van der Waals surface area contributed by atoms with Crippen molar-refractivity contribution in [1.29, 1.82) is 0 Å². The maximum atomic E-state index is 12.4. The maximum Gasteiger partial charge on any atom is 0.278 e. The third-order valence-corrected chi connectivity index (χ3v) is 3.75. The second-order valence-electron chi connectivity index (χ2n) is 4.63. The van der Waals surface area contributed by atoms with Crippen LogP contribution in [0.2, 0.25) is 0 Å². The molecule has 0 atom stereocenters. The van der Waals surface area contributed by atoms with E-state index in [0.29, 0.717) is 28.1 Å². The molecule has 0 radical (unpaired) electrons. The maximum absolute atomic E-state index is 12.4. The van der Waals surface area contributed by atoms with Crippen LogP contribution in [-0.2, 0) is 0 Å². The van der Waals surface area contributed by atoms with Crippen molar-refractivity contribution in [2.75, 3.05) is 18.7 Å². The van der Waals surface area contributed by atoms with Crippen LogP contribution in [0.25, 0.3) is 5.78 Å². The van der Waals surface area contributed by atoms with E-state index in [1.54, 1.807) is 38.3 Å². The van der Waals surface area contributed by atoms with Gasteiger partial charge in [-0.1, -0.05) is 11.8 Å². The second-order valence-corrected chi connectivity index (χ2v) is 5.40. The van der Waals surface area contributed by atoms with E-state index in [1.165, 1.54) is 16.3 Å². The van der Waals surface area contributed by atoms with Gasteiger partial charge in [0.15, 0.2) is 5.69 Å². The zero-order chi connectivity index (χ0) is 16.4. The summed E-state index contributed by atoms with van der Waals surface area (Å²) in [5.74, 6) is 0.726.